The van der Waals surface area contributed by atoms with Gasteiger partial charge in [-0.15, -0.1) is 0 Å². The van der Waals surface area contributed by atoms with Crippen molar-refractivity contribution in [3.63, 3.8) is 0 Å². The molecule has 164 valence electrons. The fourth-order valence-electron chi connectivity index (χ4n) is 3.02. The van der Waals surface area contributed by atoms with Gasteiger partial charge in [0.25, 0.3) is 0 Å². The zero-order chi connectivity index (χ0) is 22.4. The molecule has 0 unspecified atom stereocenters. The maximum absolute atomic E-state index is 12.7. The van der Waals surface area contributed by atoms with Crippen molar-refractivity contribution in [3.05, 3.63) is 0 Å². The summed E-state index contributed by atoms with van der Waals surface area (Å²) in [5, 5.41) is 27.6. The molecule has 4 N–H and O–H groups in total. The molecular weight excluding hydrogens is 401 g/mol. The van der Waals surface area contributed by atoms with E-state index in [4.69, 9.17) is 15.6 Å². The first kappa shape index (κ1) is 24.1. The number of hydrogen-bond acceptors (Lipinski definition) is 7. The lowest BCUT2D eigenvalue weighted by molar-refractivity contribution is -0.192. The Morgan fingerprint density at radius 3 is 1.90 bits per heavy atom. The smallest absolute Gasteiger partial charge is 0.480 e. The number of tetrazole rings is 1. The van der Waals surface area contributed by atoms with Crippen LogP contribution in [-0.4, -0.2) is 72.4 Å². The molecule has 1 aliphatic heterocycles. The molecule has 1 aromatic heterocycles. The van der Waals surface area contributed by atoms with Gasteiger partial charge in [0.15, 0.2) is 0 Å². The number of carboxylic acids is 2. The highest BCUT2D eigenvalue weighted by atomic mass is 19.4. The van der Waals surface area contributed by atoms with Gasteiger partial charge in [-0.1, -0.05) is 18.9 Å². The normalized spacial score (nSPS) is 15.4. The SMILES string of the molecule is CCC(CC)(C(=O)O)C(=O)N1CCC(n2nnnc2N)CC1.O=C(O)C(F)(F)F. The molecule has 29 heavy (non-hydrogen) atoms. The third kappa shape index (κ3) is 5.54. The molecule has 11 nitrogen and oxygen atoms in total. The Hall–Kier alpha value is -2.93. The van der Waals surface area contributed by atoms with Crippen LogP contribution in [0.1, 0.15) is 45.6 Å². The van der Waals surface area contributed by atoms with Crippen molar-refractivity contribution >= 4 is 23.8 Å². The zero-order valence-corrected chi connectivity index (χ0v) is 15.9. The van der Waals surface area contributed by atoms with Gasteiger partial charge in [-0.05, 0) is 36.1 Å². The molecule has 1 saturated heterocycles. The standard InChI is InChI=1S/C13H22N6O3.C2HF3O2/c1-3-13(4-2,11(21)22)10(20)18-7-5-9(6-8-18)19-12(14)15-16-17-19;3-2(4,5)1(6)7/h9H,3-8H2,1-2H3,(H,21,22)(H2,14,15,17);(H,6,7). The van der Waals surface area contributed by atoms with Gasteiger partial charge in [-0.3, -0.25) is 9.59 Å². The average Bonchev–Trinajstić information content (AvgIpc) is 3.08. The Kier molecular flexibility index (Phi) is 7.91. The number of carbonyl (C=O) groups is 3. The molecule has 0 saturated carbocycles. The summed E-state index contributed by atoms with van der Waals surface area (Å²) in [6.45, 7) is 4.45. The van der Waals surface area contributed by atoms with Crippen LogP contribution in [0.15, 0.2) is 0 Å². The second kappa shape index (κ2) is 9.52. The van der Waals surface area contributed by atoms with Gasteiger partial charge < -0.3 is 20.8 Å². The fraction of sp³-hybridized carbons (Fsp3) is 0.733. The van der Waals surface area contributed by atoms with E-state index in [0.29, 0.717) is 25.9 Å². The van der Waals surface area contributed by atoms with Crippen LogP contribution >= 0.6 is 0 Å². The molecule has 2 heterocycles. The van der Waals surface area contributed by atoms with Gasteiger partial charge in [-0.25, -0.2) is 9.48 Å². The highest BCUT2D eigenvalue weighted by Crippen LogP contribution is 2.32. The molecular formula is C15H23F3N6O5. The number of rotatable bonds is 5. The van der Waals surface area contributed by atoms with E-state index >= 15 is 0 Å². The monoisotopic (exact) mass is 424 g/mol. The quantitative estimate of drug-likeness (QED) is 0.583. The lowest BCUT2D eigenvalue weighted by atomic mass is 9.80. The van der Waals surface area contributed by atoms with E-state index in [9.17, 15) is 27.9 Å². The predicted molar refractivity (Wildman–Crippen MR) is 91.4 cm³/mol. The first-order valence-corrected chi connectivity index (χ1v) is 8.76. The number of likely N-dealkylation sites (tertiary alicyclic amines) is 1. The maximum atomic E-state index is 12.7. The van der Waals surface area contributed by atoms with Crippen molar-refractivity contribution in [1.82, 2.24) is 25.1 Å². The van der Waals surface area contributed by atoms with E-state index in [1.54, 1.807) is 23.4 Å². The third-order valence-electron chi connectivity index (χ3n) is 4.88. The highest BCUT2D eigenvalue weighted by molar-refractivity contribution is 6.01. The van der Waals surface area contributed by atoms with Crippen LogP contribution in [0.3, 0.4) is 0 Å². The van der Waals surface area contributed by atoms with Crippen molar-refractivity contribution in [2.24, 2.45) is 5.41 Å². The Labute approximate surface area is 163 Å². The Balaban J connectivity index is 0.000000516. The number of anilines is 1. The molecule has 1 aliphatic rings. The van der Waals surface area contributed by atoms with Crippen LogP contribution in [0.4, 0.5) is 19.1 Å². The van der Waals surface area contributed by atoms with Crippen molar-refractivity contribution in [2.45, 2.75) is 51.7 Å². The van der Waals surface area contributed by atoms with Gasteiger partial charge in [0.05, 0.1) is 6.04 Å². The number of aromatic nitrogens is 4. The molecule has 2 rings (SSSR count). The summed E-state index contributed by atoms with van der Waals surface area (Å²) in [6.07, 6.45) is -3.19. The Morgan fingerprint density at radius 1 is 1.10 bits per heavy atom. The van der Waals surface area contributed by atoms with Crippen LogP contribution in [0.2, 0.25) is 0 Å². The van der Waals surface area contributed by atoms with E-state index in [1.165, 1.54) is 0 Å². The zero-order valence-electron chi connectivity index (χ0n) is 15.9. The van der Waals surface area contributed by atoms with E-state index in [0.717, 1.165) is 0 Å². The molecule has 0 aromatic carbocycles. The van der Waals surface area contributed by atoms with Crippen LogP contribution in [0, 0.1) is 5.41 Å². The number of carbonyl (C=O) groups excluding carboxylic acids is 1. The van der Waals surface area contributed by atoms with E-state index in [2.05, 4.69) is 15.5 Å². The molecule has 0 spiro atoms. The van der Waals surface area contributed by atoms with Gasteiger partial charge in [-0.2, -0.15) is 13.2 Å². The van der Waals surface area contributed by atoms with Gasteiger partial charge >= 0.3 is 18.1 Å². The lowest BCUT2D eigenvalue weighted by Gasteiger charge is -2.37. The molecule has 0 aliphatic carbocycles. The van der Waals surface area contributed by atoms with Gasteiger partial charge in [0, 0.05) is 13.1 Å². The third-order valence-corrected chi connectivity index (χ3v) is 4.88. The molecule has 1 fully saturated rings. The van der Waals surface area contributed by atoms with Crippen molar-refractivity contribution in [3.8, 4) is 0 Å². The minimum absolute atomic E-state index is 0.0431. The number of nitrogens with zero attached hydrogens (tertiary/aromatic N) is 5. The summed E-state index contributed by atoms with van der Waals surface area (Å²) >= 11 is 0. The van der Waals surface area contributed by atoms with Crippen LogP contribution in [-0.2, 0) is 14.4 Å². The Bertz CT molecular complexity index is 726. The number of nitrogen functional groups attached to an aromatic ring is 1. The van der Waals surface area contributed by atoms with Crippen molar-refractivity contribution < 1.29 is 37.8 Å². The number of amides is 1. The molecule has 0 radical (unpaired) electrons. The van der Waals surface area contributed by atoms with Crippen molar-refractivity contribution in [2.75, 3.05) is 18.8 Å². The topological polar surface area (TPSA) is 165 Å². The van der Waals surface area contributed by atoms with Gasteiger partial charge in [0.1, 0.15) is 5.41 Å². The summed E-state index contributed by atoms with van der Waals surface area (Å²) < 4.78 is 33.3. The minimum Gasteiger partial charge on any atom is -0.480 e. The fourth-order valence-corrected chi connectivity index (χ4v) is 3.02. The number of carboxylic acid groups (broad SMARTS) is 2. The average molecular weight is 424 g/mol. The van der Waals surface area contributed by atoms with Crippen LogP contribution < -0.4 is 5.73 Å². The molecule has 1 amide bonds. The van der Waals surface area contributed by atoms with E-state index < -0.39 is 23.5 Å². The largest absolute Gasteiger partial charge is 0.490 e. The number of hydrogen-bond donors (Lipinski definition) is 3. The summed E-state index contributed by atoms with van der Waals surface area (Å²) in [7, 11) is 0. The predicted octanol–water partition coefficient (Wildman–Crippen LogP) is 0.943. The molecule has 0 bridgehead atoms. The summed E-state index contributed by atoms with van der Waals surface area (Å²) in [6, 6.07) is 0.0431. The minimum atomic E-state index is -5.08. The van der Waals surface area contributed by atoms with E-state index in [1.807, 2.05) is 0 Å². The Morgan fingerprint density at radius 2 is 1.59 bits per heavy atom. The number of aliphatic carboxylic acids is 2. The summed E-state index contributed by atoms with van der Waals surface area (Å²) in [5.41, 5.74) is 4.37. The maximum Gasteiger partial charge on any atom is 0.490 e. The first-order valence-electron chi connectivity index (χ1n) is 8.76. The van der Waals surface area contributed by atoms with Crippen molar-refractivity contribution in [1.29, 1.82) is 0 Å². The molecule has 0 atom stereocenters. The number of alkyl halides is 3. The molecule has 14 heteroatoms. The number of piperidine rings is 1. The lowest BCUT2D eigenvalue weighted by Crippen LogP contribution is -2.50. The second-order valence-electron chi connectivity index (χ2n) is 6.40. The molecule has 1 aromatic rings. The number of nitrogens with two attached hydrogens (primary N) is 1. The number of halogens is 3. The highest BCUT2D eigenvalue weighted by Gasteiger charge is 2.46. The summed E-state index contributed by atoms with van der Waals surface area (Å²) in [5.74, 6) is -3.85. The first-order chi connectivity index (χ1) is 13.4. The van der Waals surface area contributed by atoms with Crippen LogP contribution in [0.5, 0.6) is 0 Å². The summed E-state index contributed by atoms with van der Waals surface area (Å²) in [4.78, 5) is 34.8. The van der Waals surface area contributed by atoms with E-state index in [-0.39, 0.29) is 30.7 Å². The van der Waals surface area contributed by atoms with Crippen LogP contribution in [0.25, 0.3) is 0 Å². The van der Waals surface area contributed by atoms with Gasteiger partial charge in [0.2, 0.25) is 11.9 Å². The second-order valence-corrected chi connectivity index (χ2v) is 6.40.